The molecule has 1 saturated heterocycles. The Morgan fingerprint density at radius 1 is 0.694 bits per heavy atom. The molecule has 1 heterocycles. The van der Waals surface area contributed by atoms with Crippen LogP contribution in [0.4, 0.5) is 0 Å². The van der Waals surface area contributed by atoms with E-state index in [1.54, 1.807) is 50.6 Å². The van der Waals surface area contributed by atoms with Gasteiger partial charge in [-0.15, -0.1) is 0 Å². The van der Waals surface area contributed by atoms with Crippen LogP contribution in [0.3, 0.4) is 0 Å². The Labute approximate surface area is 213 Å². The van der Waals surface area contributed by atoms with E-state index in [-0.39, 0.29) is 11.7 Å². The molecule has 0 bridgehead atoms. The fourth-order valence-corrected chi connectivity index (χ4v) is 4.09. The summed E-state index contributed by atoms with van der Waals surface area (Å²) in [7, 11) is 3.17. The quantitative estimate of drug-likeness (QED) is 0.176. The number of nitrogen functional groups attached to an aromatic ring is 2. The maximum Gasteiger partial charge on any atom is 0.161 e. The van der Waals surface area contributed by atoms with Gasteiger partial charge in [0, 0.05) is 50.4 Å². The van der Waals surface area contributed by atoms with Crippen molar-refractivity contribution in [3.63, 3.8) is 0 Å². The molecule has 10 heteroatoms. The molecule has 0 amide bonds. The van der Waals surface area contributed by atoms with Gasteiger partial charge in [0.15, 0.2) is 23.0 Å². The molecule has 1 aliphatic heterocycles. The van der Waals surface area contributed by atoms with Gasteiger partial charge < -0.3 is 40.2 Å². The normalized spacial score (nSPS) is 14.3. The zero-order valence-electron chi connectivity index (χ0n) is 21.2. The molecular formula is C26H38N6O4. The second-order valence-electron chi connectivity index (χ2n) is 8.65. The summed E-state index contributed by atoms with van der Waals surface area (Å²) in [5.41, 5.74) is 12.3. The first kappa shape index (κ1) is 27.1. The smallest absolute Gasteiger partial charge is 0.161 e. The van der Waals surface area contributed by atoms with Gasteiger partial charge in [-0.05, 0) is 49.2 Å². The van der Waals surface area contributed by atoms with Gasteiger partial charge in [0.1, 0.15) is 11.7 Å². The van der Waals surface area contributed by atoms with E-state index in [2.05, 4.69) is 9.80 Å². The molecule has 36 heavy (non-hydrogen) atoms. The molecule has 2 aromatic carbocycles. The first-order valence-electron chi connectivity index (χ1n) is 12.2. The minimum atomic E-state index is 0.00666. The highest BCUT2D eigenvalue weighted by atomic mass is 16.5. The van der Waals surface area contributed by atoms with Crippen LogP contribution in [-0.2, 0) is 0 Å². The molecule has 0 radical (unpaired) electrons. The van der Waals surface area contributed by atoms with Crippen molar-refractivity contribution in [2.75, 3.05) is 66.7 Å². The predicted octanol–water partition coefficient (Wildman–Crippen LogP) is 2.13. The van der Waals surface area contributed by atoms with E-state index in [0.717, 1.165) is 52.1 Å². The topological polar surface area (TPSA) is 143 Å². The van der Waals surface area contributed by atoms with Crippen LogP contribution in [0.5, 0.6) is 23.0 Å². The van der Waals surface area contributed by atoms with Crippen molar-refractivity contribution in [3.05, 3.63) is 47.5 Å². The Kier molecular flexibility index (Phi) is 10.2. The molecule has 10 nitrogen and oxygen atoms in total. The standard InChI is InChI=1S/C26H38N6O4/c1-33-23-17-19(25(27)28)5-7-21(23)35-15-3-9-31-11-13-32(14-12-31)10-4-16-36-22-8-6-20(26(29)30)18-24(22)34-2/h5-8,17-18H,3-4,9-16H2,1-2H3,(H3,27,28)(H3,29,30). The lowest BCUT2D eigenvalue weighted by molar-refractivity contribution is 0.120. The molecule has 2 aromatic rings. The van der Waals surface area contributed by atoms with Crippen LogP contribution in [0, 0.1) is 10.8 Å². The van der Waals surface area contributed by atoms with Gasteiger partial charge in [-0.3, -0.25) is 10.8 Å². The lowest BCUT2D eigenvalue weighted by Crippen LogP contribution is -2.47. The van der Waals surface area contributed by atoms with E-state index in [9.17, 15) is 0 Å². The SMILES string of the molecule is COc1cc(C(=N)N)ccc1OCCCN1CCN(CCCOc2ccc(C(=N)N)cc2OC)CC1. The molecule has 0 atom stereocenters. The Morgan fingerprint density at radius 3 is 1.42 bits per heavy atom. The van der Waals surface area contributed by atoms with Crippen molar-refractivity contribution in [3.8, 4) is 23.0 Å². The molecule has 0 aliphatic carbocycles. The minimum Gasteiger partial charge on any atom is -0.493 e. The monoisotopic (exact) mass is 498 g/mol. The van der Waals surface area contributed by atoms with Crippen molar-refractivity contribution in [1.82, 2.24) is 9.80 Å². The maximum atomic E-state index is 7.54. The third kappa shape index (κ3) is 7.76. The van der Waals surface area contributed by atoms with Crippen molar-refractivity contribution in [1.29, 1.82) is 10.8 Å². The molecule has 0 aromatic heterocycles. The predicted molar refractivity (Wildman–Crippen MR) is 141 cm³/mol. The fraction of sp³-hybridized carbons (Fsp3) is 0.462. The third-order valence-corrected chi connectivity index (χ3v) is 6.17. The number of amidine groups is 2. The van der Waals surface area contributed by atoms with Gasteiger partial charge in [-0.2, -0.15) is 0 Å². The van der Waals surface area contributed by atoms with Gasteiger partial charge in [0.2, 0.25) is 0 Å². The van der Waals surface area contributed by atoms with Gasteiger partial charge >= 0.3 is 0 Å². The molecule has 196 valence electrons. The molecule has 1 fully saturated rings. The van der Waals surface area contributed by atoms with E-state index in [0.29, 0.717) is 47.3 Å². The third-order valence-electron chi connectivity index (χ3n) is 6.17. The first-order chi connectivity index (χ1) is 17.4. The summed E-state index contributed by atoms with van der Waals surface area (Å²) in [5.74, 6) is 2.53. The number of nitrogens with zero attached hydrogens (tertiary/aromatic N) is 2. The Hall–Kier alpha value is -3.50. The number of methoxy groups -OCH3 is 2. The van der Waals surface area contributed by atoms with Gasteiger partial charge in [0.25, 0.3) is 0 Å². The number of piperazine rings is 1. The van der Waals surface area contributed by atoms with E-state index in [1.807, 2.05) is 0 Å². The molecule has 1 aliphatic rings. The number of hydrogen-bond acceptors (Lipinski definition) is 8. The number of nitrogens with one attached hydrogen (secondary N) is 2. The fourth-order valence-electron chi connectivity index (χ4n) is 4.09. The summed E-state index contributed by atoms with van der Waals surface area (Å²) >= 11 is 0. The first-order valence-corrected chi connectivity index (χ1v) is 12.2. The average molecular weight is 499 g/mol. The van der Waals surface area contributed by atoms with Crippen LogP contribution < -0.4 is 30.4 Å². The molecule has 0 saturated carbocycles. The van der Waals surface area contributed by atoms with E-state index in [4.69, 9.17) is 41.2 Å². The Morgan fingerprint density at radius 2 is 1.08 bits per heavy atom. The molecular weight excluding hydrogens is 460 g/mol. The summed E-state index contributed by atoms with van der Waals surface area (Å²) in [4.78, 5) is 4.93. The highest BCUT2D eigenvalue weighted by Crippen LogP contribution is 2.29. The second kappa shape index (κ2) is 13.6. The van der Waals surface area contributed by atoms with E-state index < -0.39 is 0 Å². The van der Waals surface area contributed by atoms with E-state index >= 15 is 0 Å². The summed E-state index contributed by atoms with van der Waals surface area (Å²) in [6, 6.07) is 10.6. The summed E-state index contributed by atoms with van der Waals surface area (Å²) < 4.78 is 22.5. The minimum absolute atomic E-state index is 0.00666. The van der Waals surface area contributed by atoms with Crippen molar-refractivity contribution in [2.45, 2.75) is 12.8 Å². The largest absolute Gasteiger partial charge is 0.493 e. The summed E-state index contributed by atoms with van der Waals surface area (Å²) in [6.07, 6.45) is 1.85. The summed E-state index contributed by atoms with van der Waals surface area (Å²) in [5, 5.41) is 15.1. The zero-order chi connectivity index (χ0) is 25.9. The number of hydrogen-bond donors (Lipinski definition) is 4. The van der Waals surface area contributed by atoms with Gasteiger partial charge in [-0.25, -0.2) is 0 Å². The number of rotatable bonds is 14. The van der Waals surface area contributed by atoms with Crippen LogP contribution in [0.25, 0.3) is 0 Å². The van der Waals surface area contributed by atoms with Crippen LogP contribution in [0.15, 0.2) is 36.4 Å². The van der Waals surface area contributed by atoms with Crippen LogP contribution in [0.1, 0.15) is 24.0 Å². The Balaban J connectivity index is 1.30. The molecule has 0 spiro atoms. The van der Waals surface area contributed by atoms with Crippen LogP contribution >= 0.6 is 0 Å². The van der Waals surface area contributed by atoms with Crippen LogP contribution in [-0.4, -0.2) is 88.2 Å². The second-order valence-corrected chi connectivity index (χ2v) is 8.65. The number of nitrogens with two attached hydrogens (primary N) is 2. The molecule has 0 unspecified atom stereocenters. The van der Waals surface area contributed by atoms with Gasteiger partial charge in [-0.1, -0.05) is 0 Å². The lowest BCUT2D eigenvalue weighted by atomic mass is 10.2. The van der Waals surface area contributed by atoms with Crippen molar-refractivity contribution in [2.24, 2.45) is 11.5 Å². The number of benzene rings is 2. The van der Waals surface area contributed by atoms with Crippen molar-refractivity contribution >= 4 is 11.7 Å². The maximum absolute atomic E-state index is 7.54. The summed E-state index contributed by atoms with van der Waals surface area (Å²) in [6.45, 7) is 7.33. The van der Waals surface area contributed by atoms with Gasteiger partial charge in [0.05, 0.1) is 27.4 Å². The van der Waals surface area contributed by atoms with Crippen molar-refractivity contribution < 1.29 is 18.9 Å². The Bertz CT molecular complexity index is 942. The molecule has 3 rings (SSSR count). The highest BCUT2D eigenvalue weighted by Gasteiger charge is 2.16. The zero-order valence-corrected chi connectivity index (χ0v) is 21.2. The van der Waals surface area contributed by atoms with Crippen LogP contribution in [0.2, 0.25) is 0 Å². The lowest BCUT2D eigenvalue weighted by Gasteiger charge is -2.34. The molecule has 6 N–H and O–H groups in total. The average Bonchev–Trinajstić information content (AvgIpc) is 2.89. The highest BCUT2D eigenvalue weighted by molar-refractivity contribution is 5.96. The number of ether oxygens (including phenoxy) is 4. The van der Waals surface area contributed by atoms with E-state index in [1.165, 1.54) is 0 Å².